The summed E-state index contributed by atoms with van der Waals surface area (Å²) in [7, 11) is 0. The fourth-order valence-electron chi connectivity index (χ4n) is 2.28. The van der Waals surface area contributed by atoms with Gasteiger partial charge in [-0.1, -0.05) is 0 Å². The summed E-state index contributed by atoms with van der Waals surface area (Å²) >= 11 is 1.64. The average Bonchev–Trinajstić information content (AvgIpc) is 3.07. The molecular formula is C14H13NO4S. The van der Waals surface area contributed by atoms with Crippen LogP contribution < -0.4 is 5.32 Å². The number of carboxylic acids is 1. The summed E-state index contributed by atoms with van der Waals surface area (Å²) in [5.41, 5.74) is 0.697. The van der Waals surface area contributed by atoms with Gasteiger partial charge in [-0.05, 0) is 47.9 Å². The van der Waals surface area contributed by atoms with Gasteiger partial charge < -0.3 is 15.2 Å². The van der Waals surface area contributed by atoms with E-state index in [0.29, 0.717) is 18.5 Å². The van der Waals surface area contributed by atoms with Gasteiger partial charge in [0.2, 0.25) is 0 Å². The summed E-state index contributed by atoms with van der Waals surface area (Å²) in [5, 5.41) is 14.7. The largest absolute Gasteiger partial charge is 0.479 e. The van der Waals surface area contributed by atoms with Crippen LogP contribution >= 0.6 is 11.3 Å². The molecule has 2 aromatic rings. The van der Waals surface area contributed by atoms with Crippen molar-refractivity contribution in [3.05, 3.63) is 29.6 Å². The minimum atomic E-state index is -1.01. The third kappa shape index (κ3) is 2.52. The molecule has 104 valence electrons. The Morgan fingerprint density at radius 1 is 1.25 bits per heavy atom. The number of aliphatic carboxylic acids is 1. The Hall–Kier alpha value is -1.92. The first-order valence-electron chi connectivity index (χ1n) is 6.30. The van der Waals surface area contributed by atoms with E-state index in [9.17, 15) is 9.59 Å². The maximum Gasteiger partial charge on any atom is 0.332 e. The van der Waals surface area contributed by atoms with Crippen molar-refractivity contribution in [2.75, 3.05) is 5.32 Å². The Kier molecular flexibility index (Phi) is 3.42. The first-order chi connectivity index (χ1) is 9.63. The zero-order chi connectivity index (χ0) is 14.1. The first-order valence-corrected chi connectivity index (χ1v) is 7.18. The maximum atomic E-state index is 12.0. The Morgan fingerprint density at radius 2 is 2.05 bits per heavy atom. The van der Waals surface area contributed by atoms with Crippen molar-refractivity contribution in [3.63, 3.8) is 0 Å². The van der Waals surface area contributed by atoms with E-state index in [4.69, 9.17) is 9.84 Å². The van der Waals surface area contributed by atoms with Crippen LogP contribution in [0.4, 0.5) is 5.69 Å². The Labute approximate surface area is 119 Å². The van der Waals surface area contributed by atoms with Crippen LogP contribution in [0.3, 0.4) is 0 Å². The van der Waals surface area contributed by atoms with Crippen LogP contribution in [0.2, 0.25) is 0 Å². The molecular weight excluding hydrogens is 278 g/mol. The number of amides is 1. The van der Waals surface area contributed by atoms with E-state index in [-0.39, 0.29) is 5.91 Å². The second-order valence-corrected chi connectivity index (χ2v) is 5.64. The van der Waals surface area contributed by atoms with Crippen molar-refractivity contribution in [3.8, 4) is 0 Å². The van der Waals surface area contributed by atoms with Crippen LogP contribution in [0.1, 0.15) is 12.8 Å². The molecule has 0 unspecified atom stereocenters. The zero-order valence-electron chi connectivity index (χ0n) is 10.5. The number of anilines is 1. The van der Waals surface area contributed by atoms with Gasteiger partial charge in [-0.3, -0.25) is 4.79 Å². The van der Waals surface area contributed by atoms with Crippen LogP contribution in [0.15, 0.2) is 29.6 Å². The molecule has 5 nitrogen and oxygen atoms in total. The van der Waals surface area contributed by atoms with E-state index in [1.54, 1.807) is 11.3 Å². The van der Waals surface area contributed by atoms with Crippen LogP contribution in [0.25, 0.3) is 10.1 Å². The predicted molar refractivity (Wildman–Crippen MR) is 76.0 cm³/mol. The molecule has 0 radical (unpaired) electrons. The molecule has 1 aliphatic heterocycles. The van der Waals surface area contributed by atoms with Gasteiger partial charge in [0, 0.05) is 10.4 Å². The second kappa shape index (κ2) is 5.22. The molecule has 1 aromatic heterocycles. The fraction of sp³-hybridized carbons (Fsp3) is 0.286. The highest BCUT2D eigenvalue weighted by Crippen LogP contribution is 2.25. The van der Waals surface area contributed by atoms with Gasteiger partial charge >= 0.3 is 5.97 Å². The van der Waals surface area contributed by atoms with Crippen molar-refractivity contribution in [2.45, 2.75) is 25.0 Å². The molecule has 0 aliphatic carbocycles. The maximum absolute atomic E-state index is 12.0. The SMILES string of the molecule is O=C(Nc1ccc2sccc2c1)[C@@H]1CC[C@H](C(=O)O)O1. The van der Waals surface area contributed by atoms with Gasteiger partial charge in [0.25, 0.3) is 5.91 Å². The van der Waals surface area contributed by atoms with E-state index in [1.807, 2.05) is 29.6 Å². The summed E-state index contributed by atoms with van der Waals surface area (Å²) < 4.78 is 6.38. The predicted octanol–water partition coefficient (Wildman–Crippen LogP) is 2.47. The van der Waals surface area contributed by atoms with E-state index in [0.717, 1.165) is 10.1 Å². The summed E-state index contributed by atoms with van der Waals surface area (Å²) in [6, 6.07) is 7.67. The average molecular weight is 291 g/mol. The summed E-state index contributed by atoms with van der Waals surface area (Å²) in [4.78, 5) is 22.8. The number of carbonyl (C=O) groups excluding carboxylic acids is 1. The third-order valence-electron chi connectivity index (χ3n) is 3.31. The standard InChI is InChI=1S/C14H13NO4S/c16-13(10-2-3-11(19-10)14(17)18)15-9-1-4-12-8(7-9)5-6-20-12/h1,4-7,10-11H,2-3H2,(H,15,16)(H,17,18)/t10-,11+/m0/s1. The Morgan fingerprint density at radius 3 is 2.80 bits per heavy atom. The molecule has 1 aliphatic rings. The molecule has 1 aromatic carbocycles. The fourth-order valence-corrected chi connectivity index (χ4v) is 3.05. The molecule has 2 heterocycles. The lowest BCUT2D eigenvalue weighted by molar-refractivity contribution is -0.150. The van der Waals surface area contributed by atoms with Gasteiger partial charge in [0.15, 0.2) is 6.10 Å². The summed E-state index contributed by atoms with van der Waals surface area (Å²) in [6.45, 7) is 0. The lowest BCUT2D eigenvalue weighted by atomic mass is 10.2. The van der Waals surface area contributed by atoms with E-state index < -0.39 is 18.2 Å². The molecule has 1 fully saturated rings. The molecule has 20 heavy (non-hydrogen) atoms. The van der Waals surface area contributed by atoms with Crippen LogP contribution in [0.5, 0.6) is 0 Å². The third-order valence-corrected chi connectivity index (χ3v) is 4.21. The highest BCUT2D eigenvalue weighted by Gasteiger charge is 2.34. The molecule has 0 saturated carbocycles. The van der Waals surface area contributed by atoms with E-state index in [1.165, 1.54) is 0 Å². The number of benzene rings is 1. The zero-order valence-corrected chi connectivity index (χ0v) is 11.4. The van der Waals surface area contributed by atoms with Crippen molar-refractivity contribution >= 4 is 39.0 Å². The van der Waals surface area contributed by atoms with E-state index in [2.05, 4.69) is 5.32 Å². The Bertz CT molecular complexity index is 666. The van der Waals surface area contributed by atoms with Crippen molar-refractivity contribution < 1.29 is 19.4 Å². The number of nitrogens with one attached hydrogen (secondary N) is 1. The summed E-state index contributed by atoms with van der Waals surface area (Å²) in [6.07, 6.45) is -0.750. The van der Waals surface area contributed by atoms with Crippen LogP contribution in [0, 0.1) is 0 Å². The molecule has 1 amide bonds. The number of thiophene rings is 1. The van der Waals surface area contributed by atoms with Crippen molar-refractivity contribution in [1.82, 2.24) is 0 Å². The van der Waals surface area contributed by atoms with Crippen molar-refractivity contribution in [1.29, 1.82) is 0 Å². The number of carboxylic acid groups (broad SMARTS) is 1. The van der Waals surface area contributed by atoms with Gasteiger partial charge in [-0.2, -0.15) is 0 Å². The van der Waals surface area contributed by atoms with Gasteiger partial charge in [-0.15, -0.1) is 11.3 Å². The number of carbonyl (C=O) groups is 2. The quantitative estimate of drug-likeness (QED) is 0.911. The minimum Gasteiger partial charge on any atom is -0.479 e. The number of hydrogen-bond acceptors (Lipinski definition) is 4. The topological polar surface area (TPSA) is 75.6 Å². The van der Waals surface area contributed by atoms with Gasteiger partial charge in [0.05, 0.1) is 0 Å². The molecule has 1 saturated heterocycles. The highest BCUT2D eigenvalue weighted by atomic mass is 32.1. The molecule has 3 rings (SSSR count). The van der Waals surface area contributed by atoms with E-state index >= 15 is 0 Å². The van der Waals surface area contributed by atoms with Gasteiger partial charge in [-0.25, -0.2) is 4.79 Å². The smallest absolute Gasteiger partial charge is 0.332 e. The first kappa shape index (κ1) is 13.1. The Balaban J connectivity index is 1.68. The minimum absolute atomic E-state index is 0.289. The lowest BCUT2D eigenvalue weighted by Crippen LogP contribution is -2.29. The molecule has 6 heteroatoms. The van der Waals surface area contributed by atoms with Crippen LogP contribution in [-0.4, -0.2) is 29.2 Å². The summed E-state index contributed by atoms with van der Waals surface area (Å²) in [5.74, 6) is -1.30. The molecule has 2 atom stereocenters. The second-order valence-electron chi connectivity index (χ2n) is 4.69. The monoisotopic (exact) mass is 291 g/mol. The lowest BCUT2D eigenvalue weighted by Gasteiger charge is -2.11. The number of ether oxygens (including phenoxy) is 1. The number of hydrogen-bond donors (Lipinski definition) is 2. The molecule has 2 N–H and O–H groups in total. The molecule has 0 spiro atoms. The number of rotatable bonds is 3. The van der Waals surface area contributed by atoms with Crippen LogP contribution in [-0.2, 0) is 14.3 Å². The normalized spacial score (nSPS) is 22.0. The van der Waals surface area contributed by atoms with Gasteiger partial charge in [0.1, 0.15) is 6.10 Å². The number of fused-ring (bicyclic) bond motifs is 1. The molecule has 0 bridgehead atoms. The highest BCUT2D eigenvalue weighted by molar-refractivity contribution is 7.17. The van der Waals surface area contributed by atoms with Crippen molar-refractivity contribution in [2.24, 2.45) is 0 Å².